The summed E-state index contributed by atoms with van der Waals surface area (Å²) < 4.78 is 5.05. The van der Waals surface area contributed by atoms with Gasteiger partial charge in [-0.05, 0) is 18.9 Å². The van der Waals surface area contributed by atoms with Gasteiger partial charge in [-0.2, -0.15) is 0 Å². The van der Waals surface area contributed by atoms with E-state index in [2.05, 4.69) is 15.9 Å². The Hall–Kier alpha value is -0.830. The second-order valence-corrected chi connectivity index (χ2v) is 3.99. The summed E-state index contributed by atoms with van der Waals surface area (Å²) in [5, 5.41) is 0.797. The van der Waals surface area contributed by atoms with Crippen molar-refractivity contribution in [1.82, 2.24) is 0 Å². The molecule has 1 aromatic carbocycles. The quantitative estimate of drug-likeness (QED) is 0.607. The number of benzene rings is 1. The van der Waals surface area contributed by atoms with Gasteiger partial charge in [0.05, 0.1) is 12.5 Å². The fraction of sp³-hybridized carbons (Fsp3) is 0.417. The number of halogens is 1. The molecule has 1 aromatic rings. The molecule has 0 aromatic heterocycles. The SMILES string of the molecule is CCOC(=O)[C@@H](CCBr)c1ccccc1. The van der Waals surface area contributed by atoms with Gasteiger partial charge < -0.3 is 4.74 Å². The number of carbonyl (C=O) groups excluding carboxylic acids is 1. The first-order valence-corrected chi connectivity index (χ1v) is 6.19. The van der Waals surface area contributed by atoms with Gasteiger partial charge in [-0.25, -0.2) is 0 Å². The highest BCUT2D eigenvalue weighted by molar-refractivity contribution is 9.09. The van der Waals surface area contributed by atoms with E-state index in [1.165, 1.54) is 0 Å². The number of alkyl halides is 1. The lowest BCUT2D eigenvalue weighted by atomic mass is 9.97. The fourth-order valence-electron chi connectivity index (χ4n) is 1.46. The summed E-state index contributed by atoms with van der Waals surface area (Å²) in [5.41, 5.74) is 1.02. The zero-order valence-electron chi connectivity index (χ0n) is 8.78. The number of rotatable bonds is 5. The second kappa shape index (κ2) is 6.62. The molecule has 0 amide bonds. The van der Waals surface area contributed by atoms with Gasteiger partial charge in [0.1, 0.15) is 0 Å². The summed E-state index contributed by atoms with van der Waals surface area (Å²) in [6.45, 7) is 2.26. The van der Waals surface area contributed by atoms with Crippen molar-refractivity contribution >= 4 is 21.9 Å². The van der Waals surface area contributed by atoms with E-state index in [1.54, 1.807) is 0 Å². The smallest absolute Gasteiger partial charge is 0.313 e. The Morgan fingerprint density at radius 2 is 2.07 bits per heavy atom. The van der Waals surface area contributed by atoms with Crippen molar-refractivity contribution in [3.05, 3.63) is 35.9 Å². The van der Waals surface area contributed by atoms with Crippen LogP contribution in [0, 0.1) is 0 Å². The summed E-state index contributed by atoms with van der Waals surface area (Å²) in [5.74, 6) is -0.284. The normalized spacial score (nSPS) is 12.1. The lowest BCUT2D eigenvalue weighted by molar-refractivity contribution is -0.145. The maximum absolute atomic E-state index is 11.7. The highest BCUT2D eigenvalue weighted by atomic mass is 79.9. The Morgan fingerprint density at radius 3 is 2.60 bits per heavy atom. The van der Waals surface area contributed by atoms with Gasteiger partial charge in [0.25, 0.3) is 0 Å². The van der Waals surface area contributed by atoms with Crippen LogP contribution >= 0.6 is 15.9 Å². The number of hydrogen-bond donors (Lipinski definition) is 0. The first-order valence-electron chi connectivity index (χ1n) is 5.07. The molecule has 1 atom stereocenters. The molecule has 0 saturated heterocycles. The van der Waals surface area contributed by atoms with Crippen LogP contribution in [0.4, 0.5) is 0 Å². The monoisotopic (exact) mass is 270 g/mol. The largest absolute Gasteiger partial charge is 0.466 e. The van der Waals surface area contributed by atoms with Gasteiger partial charge in [0, 0.05) is 5.33 Å². The van der Waals surface area contributed by atoms with Crippen molar-refractivity contribution in [3.8, 4) is 0 Å². The molecule has 0 aliphatic rings. The highest BCUT2D eigenvalue weighted by Gasteiger charge is 2.20. The molecule has 1 rings (SSSR count). The van der Waals surface area contributed by atoms with E-state index in [0.29, 0.717) is 6.61 Å². The van der Waals surface area contributed by atoms with Gasteiger partial charge >= 0.3 is 5.97 Å². The average Bonchev–Trinajstić information content (AvgIpc) is 2.27. The third kappa shape index (κ3) is 3.67. The molecular formula is C12H15BrO2. The van der Waals surface area contributed by atoms with E-state index in [-0.39, 0.29) is 11.9 Å². The summed E-state index contributed by atoms with van der Waals surface area (Å²) >= 11 is 3.36. The zero-order valence-corrected chi connectivity index (χ0v) is 10.4. The number of carbonyl (C=O) groups is 1. The Labute approximate surface area is 98.8 Å². The van der Waals surface area contributed by atoms with Gasteiger partial charge in [-0.3, -0.25) is 4.79 Å². The van der Waals surface area contributed by atoms with E-state index in [0.717, 1.165) is 17.3 Å². The molecule has 2 nitrogen and oxygen atoms in total. The molecule has 0 bridgehead atoms. The van der Waals surface area contributed by atoms with Crippen LogP contribution in [0.2, 0.25) is 0 Å². The van der Waals surface area contributed by atoms with Crippen molar-refractivity contribution in [3.63, 3.8) is 0 Å². The summed E-state index contributed by atoms with van der Waals surface area (Å²) in [6.07, 6.45) is 0.767. The minimum absolute atomic E-state index is 0.136. The zero-order chi connectivity index (χ0) is 11.1. The molecule has 0 radical (unpaired) electrons. The van der Waals surface area contributed by atoms with Crippen molar-refractivity contribution in [1.29, 1.82) is 0 Å². The molecule has 0 spiro atoms. The summed E-state index contributed by atoms with van der Waals surface area (Å²) in [6, 6.07) is 9.75. The molecule has 0 fully saturated rings. The predicted octanol–water partition coefficient (Wildman–Crippen LogP) is 3.12. The van der Waals surface area contributed by atoms with Gasteiger partial charge in [0.15, 0.2) is 0 Å². The Morgan fingerprint density at radius 1 is 1.40 bits per heavy atom. The Bertz CT molecular complexity index is 298. The molecule has 15 heavy (non-hydrogen) atoms. The molecule has 0 N–H and O–H groups in total. The van der Waals surface area contributed by atoms with Crippen LogP contribution in [-0.4, -0.2) is 17.9 Å². The second-order valence-electron chi connectivity index (χ2n) is 3.19. The van der Waals surface area contributed by atoms with Crippen LogP contribution in [0.15, 0.2) is 30.3 Å². The van der Waals surface area contributed by atoms with Crippen molar-refractivity contribution in [2.24, 2.45) is 0 Å². The Balaban J connectivity index is 2.78. The van der Waals surface area contributed by atoms with Crippen LogP contribution < -0.4 is 0 Å². The first kappa shape index (κ1) is 12.2. The van der Waals surface area contributed by atoms with Crippen LogP contribution in [-0.2, 0) is 9.53 Å². The molecule has 3 heteroatoms. The maximum Gasteiger partial charge on any atom is 0.313 e. The van der Waals surface area contributed by atoms with E-state index in [9.17, 15) is 4.79 Å². The molecule has 0 unspecified atom stereocenters. The lowest BCUT2D eigenvalue weighted by Crippen LogP contribution is -2.16. The number of ether oxygens (including phenoxy) is 1. The minimum atomic E-state index is -0.148. The molecular weight excluding hydrogens is 256 g/mol. The van der Waals surface area contributed by atoms with Gasteiger partial charge in [-0.15, -0.1) is 0 Å². The van der Waals surface area contributed by atoms with Gasteiger partial charge in [0.2, 0.25) is 0 Å². The number of esters is 1. The lowest BCUT2D eigenvalue weighted by Gasteiger charge is -2.14. The third-order valence-electron chi connectivity index (χ3n) is 2.17. The number of hydrogen-bond acceptors (Lipinski definition) is 2. The van der Waals surface area contributed by atoms with Crippen LogP contribution in [0.5, 0.6) is 0 Å². The average molecular weight is 271 g/mol. The van der Waals surface area contributed by atoms with Crippen LogP contribution in [0.1, 0.15) is 24.8 Å². The third-order valence-corrected chi connectivity index (χ3v) is 2.63. The van der Waals surface area contributed by atoms with Gasteiger partial charge in [-0.1, -0.05) is 46.3 Å². The Kier molecular flexibility index (Phi) is 5.40. The maximum atomic E-state index is 11.7. The summed E-state index contributed by atoms with van der Waals surface area (Å²) in [4.78, 5) is 11.7. The molecule has 82 valence electrons. The van der Waals surface area contributed by atoms with Crippen LogP contribution in [0.3, 0.4) is 0 Å². The predicted molar refractivity (Wildman–Crippen MR) is 64.2 cm³/mol. The molecule has 0 saturated carbocycles. The standard InChI is InChI=1S/C12H15BrO2/c1-2-15-12(14)11(8-9-13)10-6-4-3-5-7-10/h3-7,11H,2,8-9H2,1H3/t11-/m0/s1. The highest BCUT2D eigenvalue weighted by Crippen LogP contribution is 2.21. The van der Waals surface area contributed by atoms with E-state index < -0.39 is 0 Å². The van der Waals surface area contributed by atoms with E-state index in [4.69, 9.17) is 4.74 Å². The topological polar surface area (TPSA) is 26.3 Å². The molecule has 0 heterocycles. The van der Waals surface area contributed by atoms with E-state index >= 15 is 0 Å². The molecule has 0 aliphatic heterocycles. The minimum Gasteiger partial charge on any atom is -0.466 e. The first-order chi connectivity index (χ1) is 7.29. The van der Waals surface area contributed by atoms with Crippen molar-refractivity contribution in [2.45, 2.75) is 19.3 Å². The summed E-state index contributed by atoms with van der Waals surface area (Å²) in [7, 11) is 0. The van der Waals surface area contributed by atoms with Crippen molar-refractivity contribution < 1.29 is 9.53 Å². The fourth-order valence-corrected chi connectivity index (χ4v) is 1.92. The van der Waals surface area contributed by atoms with Crippen molar-refractivity contribution in [2.75, 3.05) is 11.9 Å². The molecule has 0 aliphatic carbocycles. The van der Waals surface area contributed by atoms with E-state index in [1.807, 2.05) is 37.3 Å². The van der Waals surface area contributed by atoms with Crippen LogP contribution in [0.25, 0.3) is 0 Å².